The number of rotatable bonds is 5. The highest BCUT2D eigenvalue weighted by Gasteiger charge is 2.33. The third-order valence-corrected chi connectivity index (χ3v) is 5.97. The van der Waals surface area contributed by atoms with E-state index in [2.05, 4.69) is 15.6 Å². The maximum atomic E-state index is 13.4. The summed E-state index contributed by atoms with van der Waals surface area (Å²) in [7, 11) is 0. The maximum Gasteiger partial charge on any atom is 0.417 e. The standard InChI is InChI=1S/C26H20F3N3O3S/c27-26(28,29)20-12-24(33)32-21-7-3-16(10-19(20)21)9-15-1-5-18(6-2-15)31-25(36)30-13-17-4-8-22-23(11-17)35-14-34-22/h1-8,10-12H,9,13-14H2,(H,32,33)(H2,30,31,36). The molecule has 10 heteroatoms. The van der Waals surface area contributed by atoms with Crippen molar-refractivity contribution in [2.24, 2.45) is 0 Å². The Morgan fingerprint density at radius 3 is 2.42 bits per heavy atom. The molecule has 36 heavy (non-hydrogen) atoms. The monoisotopic (exact) mass is 511 g/mol. The van der Waals surface area contributed by atoms with Gasteiger partial charge in [-0.3, -0.25) is 4.79 Å². The van der Waals surface area contributed by atoms with Crippen LogP contribution in [0.5, 0.6) is 11.5 Å². The van der Waals surface area contributed by atoms with Crippen molar-refractivity contribution in [3.05, 3.63) is 99.3 Å². The van der Waals surface area contributed by atoms with Crippen LogP contribution in [0.3, 0.4) is 0 Å². The molecule has 0 saturated carbocycles. The molecular formula is C26H20F3N3O3S. The van der Waals surface area contributed by atoms with Crippen LogP contribution >= 0.6 is 12.2 Å². The summed E-state index contributed by atoms with van der Waals surface area (Å²) in [5.74, 6) is 1.43. The molecule has 0 radical (unpaired) electrons. The number of ether oxygens (including phenoxy) is 2. The number of aromatic nitrogens is 1. The van der Waals surface area contributed by atoms with Crippen molar-refractivity contribution in [1.82, 2.24) is 10.3 Å². The Kier molecular flexibility index (Phi) is 6.27. The van der Waals surface area contributed by atoms with Gasteiger partial charge in [-0.2, -0.15) is 13.2 Å². The summed E-state index contributed by atoms with van der Waals surface area (Å²) >= 11 is 5.37. The largest absolute Gasteiger partial charge is 0.454 e. The zero-order chi connectivity index (χ0) is 25.3. The third-order valence-electron chi connectivity index (χ3n) is 5.72. The number of halogens is 3. The van der Waals surface area contributed by atoms with Crippen LogP contribution in [0.25, 0.3) is 10.9 Å². The second kappa shape index (κ2) is 9.54. The van der Waals surface area contributed by atoms with Crippen LogP contribution in [0.4, 0.5) is 18.9 Å². The van der Waals surface area contributed by atoms with Gasteiger partial charge in [-0.1, -0.05) is 24.3 Å². The fourth-order valence-electron chi connectivity index (χ4n) is 4.00. The first-order chi connectivity index (χ1) is 17.2. The summed E-state index contributed by atoms with van der Waals surface area (Å²) in [5, 5.41) is 6.67. The normalized spacial score (nSPS) is 12.5. The lowest BCUT2D eigenvalue weighted by Gasteiger charge is -2.12. The summed E-state index contributed by atoms with van der Waals surface area (Å²) in [4.78, 5) is 14.1. The third kappa shape index (κ3) is 5.28. The molecule has 6 nitrogen and oxygen atoms in total. The van der Waals surface area contributed by atoms with Crippen LogP contribution in [0, 0.1) is 0 Å². The first-order valence-corrected chi connectivity index (χ1v) is 11.4. The van der Waals surface area contributed by atoms with E-state index >= 15 is 0 Å². The van der Waals surface area contributed by atoms with Gasteiger partial charge < -0.3 is 25.1 Å². The van der Waals surface area contributed by atoms with E-state index in [1.807, 2.05) is 42.5 Å². The van der Waals surface area contributed by atoms with Crippen LogP contribution < -0.4 is 25.7 Å². The van der Waals surface area contributed by atoms with Crippen LogP contribution in [-0.4, -0.2) is 16.9 Å². The molecule has 5 rings (SSSR count). The Morgan fingerprint density at radius 1 is 0.917 bits per heavy atom. The second-order valence-corrected chi connectivity index (χ2v) is 8.70. The molecule has 4 aromatic rings. The van der Waals surface area contributed by atoms with Gasteiger partial charge in [0.2, 0.25) is 12.4 Å². The zero-order valence-electron chi connectivity index (χ0n) is 18.7. The number of anilines is 1. The highest BCUT2D eigenvalue weighted by molar-refractivity contribution is 7.80. The zero-order valence-corrected chi connectivity index (χ0v) is 19.6. The lowest BCUT2D eigenvalue weighted by atomic mass is 10.0. The van der Waals surface area contributed by atoms with Crippen molar-refractivity contribution in [1.29, 1.82) is 0 Å². The maximum absolute atomic E-state index is 13.4. The van der Waals surface area contributed by atoms with Crippen LogP contribution in [-0.2, 0) is 19.1 Å². The molecule has 0 bridgehead atoms. The molecule has 0 unspecified atom stereocenters. The number of pyridine rings is 1. The van der Waals surface area contributed by atoms with E-state index in [-0.39, 0.29) is 17.7 Å². The van der Waals surface area contributed by atoms with Gasteiger partial charge in [0.15, 0.2) is 16.6 Å². The van der Waals surface area contributed by atoms with Gasteiger partial charge >= 0.3 is 6.18 Å². The second-order valence-electron chi connectivity index (χ2n) is 8.29. The van der Waals surface area contributed by atoms with Gasteiger partial charge in [0.05, 0.1) is 5.56 Å². The van der Waals surface area contributed by atoms with E-state index < -0.39 is 17.3 Å². The molecule has 0 atom stereocenters. The number of benzene rings is 3. The number of nitrogens with one attached hydrogen (secondary N) is 3. The quantitative estimate of drug-likeness (QED) is 0.314. The number of alkyl halides is 3. The van der Waals surface area contributed by atoms with Crippen molar-refractivity contribution in [2.75, 3.05) is 12.1 Å². The van der Waals surface area contributed by atoms with Gasteiger partial charge in [0.1, 0.15) is 0 Å². The molecule has 0 fully saturated rings. The summed E-state index contributed by atoms with van der Waals surface area (Å²) in [6.07, 6.45) is -4.19. The minimum Gasteiger partial charge on any atom is -0.454 e. The van der Waals surface area contributed by atoms with Crippen LogP contribution in [0.2, 0.25) is 0 Å². The first kappa shape index (κ1) is 23.7. The Hall–Kier alpha value is -4.05. The van der Waals surface area contributed by atoms with Gasteiger partial charge in [0.25, 0.3) is 0 Å². The molecule has 1 aliphatic rings. The Labute approximate surface area is 209 Å². The molecule has 1 aliphatic heterocycles. The van der Waals surface area contributed by atoms with Crippen molar-refractivity contribution in [2.45, 2.75) is 19.1 Å². The molecule has 0 amide bonds. The average molecular weight is 512 g/mol. The van der Waals surface area contributed by atoms with Crippen LogP contribution in [0.1, 0.15) is 22.3 Å². The summed E-state index contributed by atoms with van der Waals surface area (Å²) in [6, 6.07) is 18.4. The molecule has 3 aromatic carbocycles. The van der Waals surface area contributed by atoms with E-state index in [9.17, 15) is 18.0 Å². The number of fused-ring (bicyclic) bond motifs is 2. The minimum absolute atomic E-state index is 0.0308. The van der Waals surface area contributed by atoms with Crippen molar-refractivity contribution >= 4 is 33.9 Å². The molecule has 184 valence electrons. The first-order valence-electron chi connectivity index (χ1n) is 11.0. The fourth-order valence-corrected chi connectivity index (χ4v) is 4.19. The number of hydrogen-bond acceptors (Lipinski definition) is 4. The lowest BCUT2D eigenvalue weighted by molar-refractivity contribution is -0.136. The minimum atomic E-state index is -4.62. The fraction of sp³-hybridized carbons (Fsp3) is 0.154. The van der Waals surface area contributed by atoms with E-state index in [1.165, 1.54) is 12.1 Å². The number of thiocarbonyl (C=S) groups is 1. The van der Waals surface area contributed by atoms with E-state index in [1.54, 1.807) is 6.07 Å². The summed E-state index contributed by atoms with van der Waals surface area (Å²) in [6.45, 7) is 0.728. The molecule has 0 saturated heterocycles. The number of hydrogen-bond donors (Lipinski definition) is 3. The van der Waals surface area contributed by atoms with E-state index in [4.69, 9.17) is 21.7 Å². The predicted octanol–water partition coefficient (Wildman–Crippen LogP) is 5.35. The number of aromatic amines is 1. The van der Waals surface area contributed by atoms with Crippen molar-refractivity contribution < 1.29 is 22.6 Å². The topological polar surface area (TPSA) is 75.4 Å². The van der Waals surface area contributed by atoms with Gasteiger partial charge in [-0.15, -0.1) is 0 Å². The van der Waals surface area contributed by atoms with Gasteiger partial charge in [-0.05, 0) is 71.7 Å². The lowest BCUT2D eigenvalue weighted by Crippen LogP contribution is -2.27. The molecule has 0 aliphatic carbocycles. The molecule has 0 spiro atoms. The van der Waals surface area contributed by atoms with Crippen molar-refractivity contribution in [3.63, 3.8) is 0 Å². The Balaban J connectivity index is 1.22. The van der Waals surface area contributed by atoms with Gasteiger partial charge in [0, 0.05) is 29.2 Å². The highest BCUT2D eigenvalue weighted by atomic mass is 32.1. The number of H-pyrrole nitrogens is 1. The molecule has 1 aromatic heterocycles. The average Bonchev–Trinajstić information content (AvgIpc) is 3.31. The molecule has 3 N–H and O–H groups in total. The summed E-state index contributed by atoms with van der Waals surface area (Å²) in [5.41, 5.74) is 1.81. The smallest absolute Gasteiger partial charge is 0.417 e. The summed E-state index contributed by atoms with van der Waals surface area (Å²) < 4.78 is 51.0. The van der Waals surface area contributed by atoms with E-state index in [0.29, 0.717) is 35.5 Å². The molecule has 2 heterocycles. The van der Waals surface area contributed by atoms with Gasteiger partial charge in [-0.25, -0.2) is 0 Å². The predicted molar refractivity (Wildman–Crippen MR) is 134 cm³/mol. The Morgan fingerprint density at radius 2 is 1.64 bits per heavy atom. The SMILES string of the molecule is O=c1cc(C(F)(F)F)c2cc(Cc3ccc(NC(=S)NCc4ccc5c(c4)OCO5)cc3)ccc2[nH]1. The van der Waals surface area contributed by atoms with Crippen LogP contribution in [0.15, 0.2) is 71.5 Å². The van der Waals surface area contributed by atoms with E-state index in [0.717, 1.165) is 22.6 Å². The van der Waals surface area contributed by atoms with Crippen molar-refractivity contribution in [3.8, 4) is 11.5 Å². The molecular weight excluding hydrogens is 491 g/mol. The Bertz CT molecular complexity index is 1500. The highest BCUT2D eigenvalue weighted by Crippen LogP contribution is 2.34.